The third-order valence-corrected chi connectivity index (χ3v) is 4.01. The first-order valence-corrected chi connectivity index (χ1v) is 7.20. The largest absolute Gasteiger partial charge is 0.481 e. The zero-order valence-corrected chi connectivity index (χ0v) is 13.3. The van der Waals surface area contributed by atoms with Gasteiger partial charge >= 0.3 is 0 Å². The van der Waals surface area contributed by atoms with E-state index in [0.717, 1.165) is 14.8 Å². The van der Waals surface area contributed by atoms with Gasteiger partial charge in [-0.05, 0) is 59.1 Å². The van der Waals surface area contributed by atoms with Gasteiger partial charge < -0.3 is 9.72 Å². The van der Waals surface area contributed by atoms with Crippen LogP contribution in [-0.4, -0.2) is 21.6 Å². The van der Waals surface area contributed by atoms with Crippen LogP contribution in [0.4, 0.5) is 4.39 Å². The molecule has 20 heavy (non-hydrogen) atoms. The van der Waals surface area contributed by atoms with Crippen molar-refractivity contribution in [1.82, 2.24) is 14.5 Å². The molecule has 0 unspecified atom stereocenters. The standard InChI is InChI=1S/C13H9FIN3OS/c1-19-11-5-3-9-12(17-11)18(13(20)16-9)10-4-2-7(14)6-8(10)15/h2-6H,1H3,(H,16,20). The molecule has 0 aliphatic rings. The van der Waals surface area contributed by atoms with Crippen molar-refractivity contribution in [2.45, 2.75) is 0 Å². The molecule has 0 aliphatic carbocycles. The second-order valence-corrected chi connectivity index (χ2v) is 5.63. The summed E-state index contributed by atoms with van der Waals surface area (Å²) in [5.74, 6) is 0.215. The lowest BCUT2D eigenvalue weighted by Crippen LogP contribution is -1.99. The number of nitrogens with one attached hydrogen (secondary N) is 1. The number of aromatic amines is 1. The average molecular weight is 401 g/mol. The average Bonchev–Trinajstić information content (AvgIpc) is 2.74. The first kappa shape index (κ1) is 13.5. The Bertz CT molecular complexity index is 858. The van der Waals surface area contributed by atoms with Crippen LogP contribution in [-0.2, 0) is 0 Å². The van der Waals surface area contributed by atoms with E-state index in [4.69, 9.17) is 17.0 Å². The summed E-state index contributed by atoms with van der Waals surface area (Å²) in [6.45, 7) is 0. The third kappa shape index (κ3) is 2.20. The van der Waals surface area contributed by atoms with Crippen LogP contribution < -0.4 is 4.74 Å². The maximum Gasteiger partial charge on any atom is 0.215 e. The Kier molecular flexibility index (Phi) is 3.47. The normalized spacial score (nSPS) is 10.9. The fourth-order valence-electron chi connectivity index (χ4n) is 1.97. The maximum atomic E-state index is 13.2. The highest BCUT2D eigenvalue weighted by Crippen LogP contribution is 2.24. The van der Waals surface area contributed by atoms with Crippen LogP contribution in [0.1, 0.15) is 0 Å². The van der Waals surface area contributed by atoms with E-state index < -0.39 is 0 Å². The summed E-state index contributed by atoms with van der Waals surface area (Å²) in [5, 5.41) is 0. The molecule has 0 atom stereocenters. The van der Waals surface area contributed by atoms with Crippen molar-refractivity contribution in [2.75, 3.05) is 7.11 Å². The van der Waals surface area contributed by atoms with Crippen molar-refractivity contribution in [3.63, 3.8) is 0 Å². The van der Waals surface area contributed by atoms with E-state index in [-0.39, 0.29) is 5.82 Å². The second kappa shape index (κ2) is 5.13. The number of methoxy groups -OCH3 is 1. The summed E-state index contributed by atoms with van der Waals surface area (Å²) in [5.41, 5.74) is 2.24. The molecule has 0 aliphatic heterocycles. The van der Waals surface area contributed by atoms with Gasteiger partial charge in [-0.2, -0.15) is 4.98 Å². The lowest BCUT2D eigenvalue weighted by atomic mass is 10.3. The zero-order valence-electron chi connectivity index (χ0n) is 10.4. The summed E-state index contributed by atoms with van der Waals surface area (Å²) in [7, 11) is 1.56. The van der Waals surface area contributed by atoms with Crippen LogP contribution in [0.2, 0.25) is 0 Å². The van der Waals surface area contributed by atoms with Gasteiger partial charge in [0.2, 0.25) is 5.88 Å². The Morgan fingerprint density at radius 1 is 1.35 bits per heavy atom. The number of imidazole rings is 1. The molecule has 0 bridgehead atoms. The summed E-state index contributed by atoms with van der Waals surface area (Å²) >= 11 is 7.41. The lowest BCUT2D eigenvalue weighted by molar-refractivity contribution is 0.399. The Hall–Kier alpha value is -1.48. The topological polar surface area (TPSA) is 42.8 Å². The van der Waals surface area contributed by atoms with Crippen molar-refractivity contribution >= 4 is 46.0 Å². The summed E-state index contributed by atoms with van der Waals surface area (Å²) < 4.78 is 21.4. The Labute approximate surface area is 132 Å². The summed E-state index contributed by atoms with van der Waals surface area (Å²) in [6, 6.07) is 8.15. The molecule has 0 saturated carbocycles. The van der Waals surface area contributed by atoms with Crippen LogP contribution in [0.5, 0.6) is 5.88 Å². The van der Waals surface area contributed by atoms with E-state index in [9.17, 15) is 4.39 Å². The number of nitrogens with zero attached hydrogens (tertiary/aromatic N) is 2. The zero-order chi connectivity index (χ0) is 14.3. The molecule has 0 fully saturated rings. The number of pyridine rings is 1. The molecular weight excluding hydrogens is 392 g/mol. The summed E-state index contributed by atoms with van der Waals surface area (Å²) in [4.78, 5) is 7.48. The first-order chi connectivity index (χ1) is 9.60. The molecule has 2 aromatic heterocycles. The Morgan fingerprint density at radius 2 is 2.15 bits per heavy atom. The summed E-state index contributed by atoms with van der Waals surface area (Å²) in [6.07, 6.45) is 0. The van der Waals surface area contributed by atoms with Gasteiger partial charge in [0.05, 0.1) is 18.3 Å². The molecule has 0 spiro atoms. The van der Waals surface area contributed by atoms with E-state index >= 15 is 0 Å². The highest BCUT2D eigenvalue weighted by atomic mass is 127. The molecule has 1 N–H and O–H groups in total. The SMILES string of the molecule is COc1ccc2[nH]c(=S)n(-c3ccc(F)cc3I)c2n1. The molecule has 0 saturated heterocycles. The van der Waals surface area contributed by atoms with E-state index in [1.807, 2.05) is 6.07 Å². The number of rotatable bonds is 2. The molecule has 0 radical (unpaired) electrons. The first-order valence-electron chi connectivity index (χ1n) is 5.71. The number of H-pyrrole nitrogens is 1. The number of hydrogen-bond donors (Lipinski definition) is 1. The smallest absolute Gasteiger partial charge is 0.215 e. The van der Waals surface area contributed by atoms with Gasteiger partial charge in [-0.15, -0.1) is 0 Å². The number of benzene rings is 1. The van der Waals surface area contributed by atoms with E-state index in [1.54, 1.807) is 23.8 Å². The van der Waals surface area contributed by atoms with Crippen molar-refractivity contribution in [3.05, 3.63) is 44.5 Å². The fraction of sp³-hybridized carbons (Fsp3) is 0.0769. The van der Waals surface area contributed by atoms with Crippen LogP contribution in [0.25, 0.3) is 16.9 Å². The van der Waals surface area contributed by atoms with Crippen LogP contribution in [0, 0.1) is 14.2 Å². The second-order valence-electron chi connectivity index (χ2n) is 4.09. The highest BCUT2D eigenvalue weighted by molar-refractivity contribution is 14.1. The van der Waals surface area contributed by atoms with Crippen LogP contribution in [0.3, 0.4) is 0 Å². The number of fused-ring (bicyclic) bond motifs is 1. The van der Waals surface area contributed by atoms with Crippen molar-refractivity contribution in [1.29, 1.82) is 0 Å². The fourth-order valence-corrected chi connectivity index (χ4v) is 2.98. The molecule has 4 nitrogen and oxygen atoms in total. The van der Waals surface area contributed by atoms with Gasteiger partial charge in [0.25, 0.3) is 0 Å². The molecule has 2 heterocycles. The maximum absolute atomic E-state index is 13.2. The lowest BCUT2D eigenvalue weighted by Gasteiger charge is -2.07. The molecule has 3 aromatic rings. The minimum Gasteiger partial charge on any atom is -0.481 e. The van der Waals surface area contributed by atoms with Crippen LogP contribution in [0.15, 0.2) is 30.3 Å². The van der Waals surface area contributed by atoms with Crippen molar-refractivity contribution in [2.24, 2.45) is 0 Å². The Morgan fingerprint density at radius 3 is 2.85 bits per heavy atom. The van der Waals surface area contributed by atoms with E-state index in [0.29, 0.717) is 16.3 Å². The monoisotopic (exact) mass is 401 g/mol. The van der Waals surface area contributed by atoms with E-state index in [2.05, 4.69) is 32.6 Å². The molecule has 7 heteroatoms. The van der Waals surface area contributed by atoms with Gasteiger partial charge in [-0.3, -0.25) is 4.57 Å². The quantitative estimate of drug-likeness (QED) is 0.524. The van der Waals surface area contributed by atoms with Gasteiger partial charge in [-0.25, -0.2) is 4.39 Å². The number of hydrogen-bond acceptors (Lipinski definition) is 3. The molecule has 3 rings (SSSR count). The van der Waals surface area contributed by atoms with Gasteiger partial charge in [0.15, 0.2) is 10.4 Å². The predicted octanol–water partition coefficient (Wildman–Crippen LogP) is 3.84. The highest BCUT2D eigenvalue weighted by Gasteiger charge is 2.12. The minimum absolute atomic E-state index is 0.282. The van der Waals surface area contributed by atoms with Gasteiger partial charge in [-0.1, -0.05) is 0 Å². The molecule has 1 aromatic carbocycles. The van der Waals surface area contributed by atoms with Crippen molar-refractivity contribution < 1.29 is 9.13 Å². The number of aromatic nitrogens is 3. The molecular formula is C13H9FIN3OS. The number of halogens is 2. The molecule has 102 valence electrons. The third-order valence-electron chi connectivity index (χ3n) is 2.87. The van der Waals surface area contributed by atoms with Crippen LogP contribution >= 0.6 is 34.8 Å². The van der Waals surface area contributed by atoms with E-state index in [1.165, 1.54) is 12.1 Å². The predicted molar refractivity (Wildman–Crippen MR) is 85.5 cm³/mol. The molecule has 0 amide bonds. The Balaban J connectivity index is 2.34. The van der Waals surface area contributed by atoms with Gasteiger partial charge in [0.1, 0.15) is 5.82 Å². The van der Waals surface area contributed by atoms with Gasteiger partial charge in [0, 0.05) is 9.64 Å². The van der Waals surface area contributed by atoms with Crippen molar-refractivity contribution in [3.8, 4) is 11.6 Å². The minimum atomic E-state index is -0.282. The number of ether oxygens (including phenoxy) is 1.